The fourth-order valence-electron chi connectivity index (χ4n) is 3.87. The van der Waals surface area contributed by atoms with Crippen molar-refractivity contribution in [3.8, 4) is 5.75 Å². The highest BCUT2D eigenvalue weighted by Crippen LogP contribution is 2.25. The summed E-state index contributed by atoms with van der Waals surface area (Å²) in [5.74, 6) is 0.205. The Morgan fingerprint density at radius 1 is 1.11 bits per heavy atom. The maximum absolute atomic E-state index is 13.0. The van der Waals surface area contributed by atoms with Crippen molar-refractivity contribution in [1.29, 1.82) is 5.41 Å². The molecule has 12 heteroatoms. The fourth-order valence-corrected chi connectivity index (χ4v) is 5.13. The summed E-state index contributed by atoms with van der Waals surface area (Å²) in [6.45, 7) is 0.588. The molecular formula is C23H27Cl2N5O4S. The topological polar surface area (TPSA) is 152 Å². The van der Waals surface area contributed by atoms with Crippen molar-refractivity contribution in [1.82, 2.24) is 9.62 Å². The van der Waals surface area contributed by atoms with E-state index >= 15 is 0 Å². The van der Waals surface area contributed by atoms with Crippen LogP contribution in [0.1, 0.15) is 17.5 Å². The zero-order valence-corrected chi connectivity index (χ0v) is 21.3. The van der Waals surface area contributed by atoms with Gasteiger partial charge in [0.2, 0.25) is 15.9 Å². The highest BCUT2D eigenvalue weighted by atomic mass is 35.5. The largest absolute Gasteiger partial charge is 0.497 e. The van der Waals surface area contributed by atoms with E-state index in [0.717, 1.165) is 10.8 Å². The van der Waals surface area contributed by atoms with Crippen LogP contribution in [0.15, 0.2) is 59.5 Å². The second kappa shape index (κ2) is 11.1. The van der Waals surface area contributed by atoms with Crippen molar-refractivity contribution in [2.75, 3.05) is 19.4 Å². The number of methoxy groups -OCH3 is 1. The average molecular weight is 540 g/mol. The highest BCUT2D eigenvalue weighted by Gasteiger charge is 2.35. The number of likely N-dealkylation sites (tertiary alicyclic amines) is 1. The molecule has 9 nitrogen and oxygen atoms in total. The van der Waals surface area contributed by atoms with Crippen molar-refractivity contribution >= 4 is 63.0 Å². The predicted octanol–water partition coefficient (Wildman–Crippen LogP) is 2.64. The van der Waals surface area contributed by atoms with Crippen molar-refractivity contribution < 1.29 is 17.9 Å². The van der Waals surface area contributed by atoms with Gasteiger partial charge in [-0.25, -0.2) is 8.42 Å². The predicted molar refractivity (Wildman–Crippen MR) is 141 cm³/mol. The number of amidine groups is 1. The first kappa shape index (κ1) is 28.2. The molecule has 1 heterocycles. The number of anilines is 1. The summed E-state index contributed by atoms with van der Waals surface area (Å²) in [6, 6.07) is 14.3. The van der Waals surface area contributed by atoms with E-state index in [1.807, 2.05) is 6.07 Å². The normalized spacial score (nSPS) is 15.4. The van der Waals surface area contributed by atoms with Gasteiger partial charge in [-0.2, -0.15) is 4.72 Å². The Morgan fingerprint density at radius 3 is 2.51 bits per heavy atom. The summed E-state index contributed by atoms with van der Waals surface area (Å²) in [4.78, 5) is 14.5. The van der Waals surface area contributed by atoms with Gasteiger partial charge in [-0.05, 0) is 65.2 Å². The van der Waals surface area contributed by atoms with Gasteiger partial charge in [0.15, 0.2) is 0 Å². The first-order valence-corrected chi connectivity index (χ1v) is 11.8. The number of benzene rings is 3. The third-order valence-electron chi connectivity index (χ3n) is 5.74. The van der Waals surface area contributed by atoms with E-state index in [9.17, 15) is 13.2 Å². The van der Waals surface area contributed by atoms with Crippen LogP contribution in [0.4, 0.5) is 5.69 Å². The summed E-state index contributed by atoms with van der Waals surface area (Å²) >= 11 is 0. The number of nitrogens with zero attached hydrogens (tertiary/aromatic N) is 1. The number of nitrogens with two attached hydrogens (primary N) is 2. The number of nitrogen functional groups attached to an aromatic ring is 2. The molecule has 1 saturated heterocycles. The summed E-state index contributed by atoms with van der Waals surface area (Å²) in [5, 5.41) is 9.18. The third kappa shape index (κ3) is 5.96. The van der Waals surface area contributed by atoms with Gasteiger partial charge in [0.05, 0.1) is 12.0 Å². The second-order valence-corrected chi connectivity index (χ2v) is 9.64. The smallest absolute Gasteiger partial charge is 0.241 e. The van der Waals surface area contributed by atoms with E-state index < -0.39 is 16.1 Å². The molecule has 0 aromatic heterocycles. The third-order valence-corrected chi connectivity index (χ3v) is 7.21. The minimum atomic E-state index is -3.92. The molecule has 0 aliphatic carbocycles. The molecule has 188 valence electrons. The van der Waals surface area contributed by atoms with Gasteiger partial charge in [0.25, 0.3) is 0 Å². The molecule has 0 saturated carbocycles. The van der Waals surface area contributed by atoms with Crippen molar-refractivity contribution in [3.63, 3.8) is 0 Å². The molecule has 1 aliphatic rings. The highest BCUT2D eigenvalue weighted by molar-refractivity contribution is 7.89. The number of amides is 1. The standard InChI is InChI=1S/C23H25N5O4S.2ClH/c1-32-18-5-2-14-3-6-19(12-16(14)11-18)33(30,31)27-21-8-9-28(23(21)29)13-17-10-15(22(25)26)4-7-20(17)24;;/h2-7,10-12,21,27H,8-9,13,24H2,1H3,(H3,25,26);2*1H/t21-;;/m0../s1. The second-order valence-electron chi connectivity index (χ2n) is 7.92. The van der Waals surface area contributed by atoms with Crippen LogP contribution in [0.2, 0.25) is 0 Å². The molecule has 1 aliphatic heterocycles. The van der Waals surface area contributed by atoms with E-state index in [4.69, 9.17) is 21.6 Å². The van der Waals surface area contributed by atoms with Crippen LogP contribution >= 0.6 is 24.8 Å². The fraction of sp³-hybridized carbons (Fsp3) is 0.217. The average Bonchev–Trinajstić information content (AvgIpc) is 3.12. The first-order valence-electron chi connectivity index (χ1n) is 10.3. The number of hydrogen-bond donors (Lipinski definition) is 4. The monoisotopic (exact) mass is 539 g/mol. The molecule has 6 N–H and O–H groups in total. The van der Waals surface area contributed by atoms with E-state index in [2.05, 4.69) is 4.72 Å². The van der Waals surface area contributed by atoms with Gasteiger partial charge in [0.1, 0.15) is 17.6 Å². The number of halogens is 2. The lowest BCUT2D eigenvalue weighted by Gasteiger charge is -2.19. The van der Waals surface area contributed by atoms with Crippen molar-refractivity contribution in [3.05, 3.63) is 65.7 Å². The number of rotatable bonds is 7. The molecule has 3 aromatic rings. The number of ether oxygens (including phenoxy) is 1. The van der Waals surface area contributed by atoms with Crippen LogP contribution in [0, 0.1) is 5.41 Å². The molecule has 0 radical (unpaired) electrons. The lowest BCUT2D eigenvalue weighted by Crippen LogP contribution is -2.41. The number of nitrogens with one attached hydrogen (secondary N) is 2. The summed E-state index contributed by atoms with van der Waals surface area (Å²) in [6.07, 6.45) is 0.339. The summed E-state index contributed by atoms with van der Waals surface area (Å²) in [7, 11) is -2.37. The molecule has 0 spiro atoms. The summed E-state index contributed by atoms with van der Waals surface area (Å²) in [5.41, 5.74) is 13.2. The Bertz CT molecular complexity index is 1370. The van der Waals surface area contributed by atoms with Crippen LogP contribution in [0.25, 0.3) is 10.8 Å². The SMILES string of the molecule is COc1ccc2ccc(S(=O)(=O)N[C@H]3CCN(Cc4cc(C(=N)N)ccc4N)C3=O)cc2c1.Cl.Cl. The number of carbonyl (C=O) groups excluding carboxylic acids is 1. The van der Waals surface area contributed by atoms with Crippen LogP contribution in [0.5, 0.6) is 5.75 Å². The zero-order chi connectivity index (χ0) is 23.8. The van der Waals surface area contributed by atoms with Crippen molar-refractivity contribution in [2.24, 2.45) is 5.73 Å². The van der Waals surface area contributed by atoms with Gasteiger partial charge in [-0.1, -0.05) is 12.1 Å². The molecule has 4 rings (SSSR count). The van der Waals surface area contributed by atoms with E-state index in [0.29, 0.717) is 35.5 Å². The van der Waals surface area contributed by atoms with Crippen LogP contribution in [0.3, 0.4) is 0 Å². The number of carbonyl (C=O) groups is 1. The Balaban J connectivity index is 0.00000216. The van der Waals surface area contributed by atoms with E-state index in [1.165, 1.54) is 6.07 Å². The van der Waals surface area contributed by atoms with Crippen LogP contribution in [-0.4, -0.2) is 44.8 Å². The Labute approximate surface area is 216 Å². The van der Waals surface area contributed by atoms with Gasteiger partial charge >= 0.3 is 0 Å². The van der Waals surface area contributed by atoms with Gasteiger partial charge in [-0.15, -0.1) is 24.8 Å². The minimum absolute atomic E-state index is 0. The van der Waals surface area contributed by atoms with Gasteiger partial charge < -0.3 is 21.1 Å². The lowest BCUT2D eigenvalue weighted by molar-refractivity contribution is -0.129. The maximum atomic E-state index is 13.0. The minimum Gasteiger partial charge on any atom is -0.497 e. The molecule has 1 fully saturated rings. The molecule has 1 atom stereocenters. The van der Waals surface area contributed by atoms with E-state index in [1.54, 1.807) is 54.5 Å². The quantitative estimate of drug-likeness (QED) is 0.206. The number of hydrogen-bond acceptors (Lipinski definition) is 6. The van der Waals surface area contributed by atoms with E-state index in [-0.39, 0.29) is 48.0 Å². The summed E-state index contributed by atoms with van der Waals surface area (Å²) < 4.78 is 33.8. The molecule has 3 aromatic carbocycles. The van der Waals surface area contributed by atoms with Crippen LogP contribution in [-0.2, 0) is 21.4 Å². The number of fused-ring (bicyclic) bond motifs is 1. The first-order chi connectivity index (χ1) is 15.7. The molecule has 35 heavy (non-hydrogen) atoms. The number of sulfonamides is 1. The molecule has 0 bridgehead atoms. The van der Waals surface area contributed by atoms with Crippen molar-refractivity contribution in [2.45, 2.75) is 23.9 Å². The maximum Gasteiger partial charge on any atom is 0.241 e. The van der Waals surface area contributed by atoms with Crippen LogP contribution < -0.4 is 20.9 Å². The van der Waals surface area contributed by atoms with Gasteiger partial charge in [-0.3, -0.25) is 10.2 Å². The Morgan fingerprint density at radius 2 is 1.83 bits per heavy atom. The Kier molecular flexibility index (Phi) is 8.96. The lowest BCUT2D eigenvalue weighted by atomic mass is 10.1. The molecule has 1 amide bonds. The zero-order valence-electron chi connectivity index (χ0n) is 18.9. The molecule has 0 unspecified atom stereocenters. The van der Waals surface area contributed by atoms with Gasteiger partial charge in [0, 0.05) is 24.3 Å². The molecular weight excluding hydrogens is 513 g/mol. The Hall–Kier alpha value is -3.05.